The van der Waals surface area contributed by atoms with E-state index in [-0.39, 0.29) is 17.6 Å². The third kappa shape index (κ3) is 2.40. The van der Waals surface area contributed by atoms with Crippen LogP contribution in [0.15, 0.2) is 39.4 Å². The molecule has 0 N–H and O–H groups in total. The molecule has 108 valence electrons. The van der Waals surface area contributed by atoms with E-state index < -0.39 is 0 Å². The summed E-state index contributed by atoms with van der Waals surface area (Å²) in [7, 11) is 0. The Morgan fingerprint density at radius 2 is 2.19 bits per heavy atom. The maximum Gasteiger partial charge on any atom is 0.247 e. The maximum absolute atomic E-state index is 12.7. The summed E-state index contributed by atoms with van der Waals surface area (Å²) in [6, 6.07) is 7.40. The van der Waals surface area contributed by atoms with E-state index in [1.807, 2.05) is 32.0 Å². The van der Waals surface area contributed by atoms with Gasteiger partial charge in [0.15, 0.2) is 5.76 Å². The molecule has 4 nitrogen and oxygen atoms in total. The summed E-state index contributed by atoms with van der Waals surface area (Å²) in [4.78, 5) is 12.7. The molecule has 0 radical (unpaired) electrons. The minimum Gasteiger partial charge on any atom is -0.451 e. The zero-order valence-electron chi connectivity index (χ0n) is 11.4. The molecule has 3 aromatic rings. The molecule has 0 saturated heterocycles. The molecule has 0 aliphatic rings. The Hall–Kier alpha value is -1.59. The Morgan fingerprint density at radius 3 is 2.86 bits per heavy atom. The molecule has 0 saturated carbocycles. The number of aromatic nitrogens is 2. The fraction of sp³-hybridized carbons (Fsp3) is 0.200. The summed E-state index contributed by atoms with van der Waals surface area (Å²) < 4.78 is 8.09. The van der Waals surface area contributed by atoms with Crippen LogP contribution in [0.2, 0.25) is 5.02 Å². The molecule has 0 amide bonds. The van der Waals surface area contributed by atoms with E-state index in [4.69, 9.17) is 16.0 Å². The van der Waals surface area contributed by atoms with Gasteiger partial charge >= 0.3 is 0 Å². The third-order valence-corrected chi connectivity index (χ3v) is 4.08. The second-order valence-electron chi connectivity index (χ2n) is 4.98. The van der Waals surface area contributed by atoms with Gasteiger partial charge in [0.1, 0.15) is 11.3 Å². The van der Waals surface area contributed by atoms with Gasteiger partial charge in [-0.25, -0.2) is 0 Å². The van der Waals surface area contributed by atoms with E-state index in [9.17, 15) is 4.79 Å². The van der Waals surface area contributed by atoms with Gasteiger partial charge in [-0.3, -0.25) is 9.48 Å². The second-order valence-corrected chi connectivity index (χ2v) is 6.24. The highest BCUT2D eigenvalue weighted by molar-refractivity contribution is 9.10. The maximum atomic E-state index is 12.7. The number of benzene rings is 1. The molecule has 0 spiro atoms. The molecule has 0 bridgehead atoms. The average molecular weight is 368 g/mol. The lowest BCUT2D eigenvalue weighted by Gasteiger charge is -2.09. The SMILES string of the molecule is CC(C)n1ncc(Cl)c1C(=O)c1cc2cccc(Br)c2o1. The van der Waals surface area contributed by atoms with Crippen molar-refractivity contribution < 1.29 is 9.21 Å². The Balaban J connectivity index is 2.13. The van der Waals surface area contributed by atoms with Crippen molar-refractivity contribution in [3.63, 3.8) is 0 Å². The van der Waals surface area contributed by atoms with Crippen molar-refractivity contribution >= 4 is 44.3 Å². The van der Waals surface area contributed by atoms with Crippen molar-refractivity contribution in [3.05, 3.63) is 51.4 Å². The lowest BCUT2D eigenvalue weighted by atomic mass is 10.2. The fourth-order valence-corrected chi connectivity index (χ4v) is 2.88. The smallest absolute Gasteiger partial charge is 0.247 e. The Kier molecular flexibility index (Phi) is 3.63. The van der Waals surface area contributed by atoms with E-state index in [1.54, 1.807) is 10.7 Å². The zero-order valence-corrected chi connectivity index (χ0v) is 13.8. The van der Waals surface area contributed by atoms with Gasteiger partial charge in [0, 0.05) is 11.4 Å². The lowest BCUT2D eigenvalue weighted by Crippen LogP contribution is -2.13. The highest BCUT2D eigenvalue weighted by Gasteiger charge is 2.24. The van der Waals surface area contributed by atoms with Crippen LogP contribution in [0.3, 0.4) is 0 Å². The van der Waals surface area contributed by atoms with Gasteiger partial charge in [-0.1, -0.05) is 23.7 Å². The topological polar surface area (TPSA) is 48.0 Å². The van der Waals surface area contributed by atoms with Crippen molar-refractivity contribution in [2.75, 3.05) is 0 Å². The standard InChI is InChI=1S/C15H12BrClN2O2/c1-8(2)19-13(11(17)7-18-19)14(20)12-6-9-4-3-5-10(16)15(9)21-12/h3-8H,1-2H3. The quantitative estimate of drug-likeness (QED) is 0.621. The van der Waals surface area contributed by atoms with Crippen LogP contribution in [-0.2, 0) is 0 Å². The first-order valence-corrected chi connectivity index (χ1v) is 7.62. The first-order valence-electron chi connectivity index (χ1n) is 6.45. The van der Waals surface area contributed by atoms with Gasteiger partial charge < -0.3 is 4.42 Å². The van der Waals surface area contributed by atoms with Crippen LogP contribution in [0, 0.1) is 0 Å². The van der Waals surface area contributed by atoms with Gasteiger partial charge in [0.25, 0.3) is 0 Å². The molecule has 0 unspecified atom stereocenters. The number of para-hydroxylation sites is 1. The van der Waals surface area contributed by atoms with Crippen molar-refractivity contribution in [1.29, 1.82) is 0 Å². The number of fused-ring (bicyclic) bond motifs is 1. The number of carbonyl (C=O) groups excluding carboxylic acids is 1. The number of rotatable bonds is 3. The van der Waals surface area contributed by atoms with Crippen LogP contribution < -0.4 is 0 Å². The highest BCUT2D eigenvalue weighted by atomic mass is 79.9. The summed E-state index contributed by atoms with van der Waals surface area (Å²) in [5.74, 6) is -0.0181. The monoisotopic (exact) mass is 366 g/mol. The summed E-state index contributed by atoms with van der Waals surface area (Å²) in [6.45, 7) is 3.88. The number of halogens is 2. The zero-order chi connectivity index (χ0) is 15.1. The van der Waals surface area contributed by atoms with E-state index in [2.05, 4.69) is 21.0 Å². The largest absolute Gasteiger partial charge is 0.451 e. The van der Waals surface area contributed by atoms with Crippen LogP contribution in [0.4, 0.5) is 0 Å². The molecule has 0 fully saturated rings. The van der Waals surface area contributed by atoms with Gasteiger partial charge in [0.2, 0.25) is 5.78 Å². The summed E-state index contributed by atoms with van der Waals surface area (Å²) in [5.41, 5.74) is 0.995. The minimum atomic E-state index is -0.269. The van der Waals surface area contributed by atoms with Gasteiger partial charge in [-0.2, -0.15) is 5.10 Å². The molecule has 1 aromatic carbocycles. The molecule has 0 aliphatic heterocycles. The predicted octanol–water partition coefficient (Wildman–Crippen LogP) is 4.86. The van der Waals surface area contributed by atoms with Gasteiger partial charge in [0.05, 0.1) is 15.7 Å². The third-order valence-electron chi connectivity index (χ3n) is 3.17. The molecular weight excluding hydrogens is 356 g/mol. The number of hydrogen-bond acceptors (Lipinski definition) is 3. The molecule has 2 aromatic heterocycles. The Bertz CT molecular complexity index is 835. The van der Waals surface area contributed by atoms with Crippen LogP contribution in [0.25, 0.3) is 11.0 Å². The molecule has 21 heavy (non-hydrogen) atoms. The number of hydrogen-bond donors (Lipinski definition) is 0. The van der Waals surface area contributed by atoms with Crippen LogP contribution in [0.5, 0.6) is 0 Å². The van der Waals surface area contributed by atoms with Crippen molar-refractivity contribution in [2.45, 2.75) is 19.9 Å². The average Bonchev–Trinajstić information content (AvgIpc) is 3.02. The first kappa shape index (κ1) is 14.4. The Labute approximate surface area is 134 Å². The van der Waals surface area contributed by atoms with E-state index >= 15 is 0 Å². The number of furan rings is 1. The van der Waals surface area contributed by atoms with Crippen molar-refractivity contribution in [3.8, 4) is 0 Å². The van der Waals surface area contributed by atoms with Crippen LogP contribution >= 0.6 is 27.5 Å². The van der Waals surface area contributed by atoms with Gasteiger partial charge in [-0.05, 0) is 41.9 Å². The first-order chi connectivity index (χ1) is 9.99. The molecule has 0 atom stereocenters. The lowest BCUT2D eigenvalue weighted by molar-refractivity contribution is 0.0999. The number of carbonyl (C=O) groups is 1. The van der Waals surface area contributed by atoms with Crippen LogP contribution in [-0.4, -0.2) is 15.6 Å². The second kappa shape index (κ2) is 5.31. The molecule has 3 rings (SSSR count). The molecule has 2 heterocycles. The summed E-state index contributed by atoms with van der Waals surface area (Å²) >= 11 is 9.52. The molecular formula is C15H12BrClN2O2. The van der Waals surface area contributed by atoms with Gasteiger partial charge in [-0.15, -0.1) is 0 Å². The minimum absolute atomic E-state index is 0.0348. The predicted molar refractivity (Wildman–Crippen MR) is 85.0 cm³/mol. The van der Waals surface area contributed by atoms with Crippen LogP contribution in [0.1, 0.15) is 36.1 Å². The van der Waals surface area contributed by atoms with E-state index in [0.717, 1.165) is 9.86 Å². The normalized spacial score (nSPS) is 11.5. The number of nitrogens with zero attached hydrogens (tertiary/aromatic N) is 2. The Morgan fingerprint density at radius 1 is 1.43 bits per heavy atom. The number of ketones is 1. The highest BCUT2D eigenvalue weighted by Crippen LogP contribution is 2.29. The molecule has 6 heteroatoms. The molecule has 0 aliphatic carbocycles. The van der Waals surface area contributed by atoms with Crippen molar-refractivity contribution in [1.82, 2.24) is 9.78 Å². The van der Waals surface area contributed by atoms with E-state index in [0.29, 0.717) is 16.3 Å². The van der Waals surface area contributed by atoms with E-state index in [1.165, 1.54) is 6.20 Å². The fourth-order valence-electron chi connectivity index (χ4n) is 2.20. The summed E-state index contributed by atoms with van der Waals surface area (Å²) in [6.07, 6.45) is 1.48. The summed E-state index contributed by atoms with van der Waals surface area (Å²) in [5, 5.41) is 5.33. The van der Waals surface area contributed by atoms with Crippen molar-refractivity contribution in [2.24, 2.45) is 0 Å².